The molecular weight excluding hydrogens is 426 g/mol. The molecule has 0 aliphatic heterocycles. The highest BCUT2D eigenvalue weighted by atomic mass is 35.5. The topological polar surface area (TPSA) is 95.6 Å². The summed E-state index contributed by atoms with van der Waals surface area (Å²) in [5.74, 6) is -1.79. The van der Waals surface area contributed by atoms with Crippen molar-refractivity contribution in [2.75, 3.05) is 10.6 Å². The van der Waals surface area contributed by atoms with Crippen LogP contribution in [0.4, 0.5) is 20.4 Å². The van der Waals surface area contributed by atoms with E-state index in [1.165, 1.54) is 6.33 Å². The molecule has 0 bridgehead atoms. The van der Waals surface area contributed by atoms with E-state index in [-0.39, 0.29) is 35.4 Å². The molecule has 0 unspecified atom stereocenters. The first-order valence-electron chi connectivity index (χ1n) is 10.3. The lowest BCUT2D eigenvalue weighted by Crippen LogP contribution is -2.32. The van der Waals surface area contributed by atoms with Crippen LogP contribution in [0.3, 0.4) is 0 Å². The molecule has 3 heterocycles. The normalized spacial score (nSPS) is 18.8. The van der Waals surface area contributed by atoms with Crippen molar-refractivity contribution in [1.29, 1.82) is 0 Å². The number of pyridine rings is 1. The van der Waals surface area contributed by atoms with Crippen molar-refractivity contribution in [2.45, 2.75) is 56.5 Å². The minimum atomic E-state index is -2.59. The summed E-state index contributed by atoms with van der Waals surface area (Å²) >= 11 is 6.34. The van der Waals surface area contributed by atoms with Crippen LogP contribution in [0.15, 0.2) is 24.7 Å². The summed E-state index contributed by atoms with van der Waals surface area (Å²) in [6.45, 7) is 0. The van der Waals surface area contributed by atoms with Crippen molar-refractivity contribution in [3.63, 3.8) is 0 Å². The van der Waals surface area contributed by atoms with Gasteiger partial charge in [0.05, 0.1) is 16.5 Å². The molecule has 0 saturated heterocycles. The van der Waals surface area contributed by atoms with Crippen LogP contribution in [0.2, 0.25) is 5.15 Å². The minimum Gasteiger partial charge on any atom is -0.367 e. The maximum Gasteiger partial charge on any atom is 0.248 e. The summed E-state index contributed by atoms with van der Waals surface area (Å²) in [6, 6.07) is 3.53. The van der Waals surface area contributed by atoms with Gasteiger partial charge in [-0.1, -0.05) is 11.6 Å². The lowest BCUT2D eigenvalue weighted by Gasteiger charge is -2.29. The van der Waals surface area contributed by atoms with Gasteiger partial charge in [-0.05, 0) is 37.8 Å². The zero-order valence-corrected chi connectivity index (χ0v) is 17.3. The Labute approximate surface area is 182 Å². The Hall–Kier alpha value is -2.81. The first-order valence-corrected chi connectivity index (χ1v) is 10.7. The lowest BCUT2D eigenvalue weighted by molar-refractivity contribution is -0.0361. The number of nitrogens with one attached hydrogen (secondary N) is 3. The van der Waals surface area contributed by atoms with Crippen LogP contribution < -0.4 is 10.6 Å². The molecule has 10 heteroatoms. The Balaban J connectivity index is 1.37. The second-order valence-corrected chi connectivity index (χ2v) is 8.56. The fourth-order valence-electron chi connectivity index (χ4n) is 3.90. The summed E-state index contributed by atoms with van der Waals surface area (Å²) in [5, 5.41) is 7.16. The molecule has 0 radical (unpaired) electrons. The number of rotatable bonds is 6. The average Bonchev–Trinajstić information content (AvgIpc) is 3.44. The molecule has 2 aliphatic rings. The third-order valence-corrected chi connectivity index (χ3v) is 6.08. The smallest absolute Gasteiger partial charge is 0.248 e. The minimum absolute atomic E-state index is 0.0547. The number of aromatic nitrogens is 4. The van der Waals surface area contributed by atoms with E-state index in [2.05, 4.69) is 30.6 Å². The molecule has 162 valence electrons. The van der Waals surface area contributed by atoms with Gasteiger partial charge in [-0.3, -0.25) is 4.79 Å². The SMILES string of the molecule is O=C(c1ccc(NC2CCC(F)(F)CC2)nc1Cl)c1c[nH]c2ncnc(NC3CC3)c12. The van der Waals surface area contributed by atoms with Crippen molar-refractivity contribution < 1.29 is 13.6 Å². The molecule has 0 amide bonds. The third-order valence-electron chi connectivity index (χ3n) is 5.80. The van der Waals surface area contributed by atoms with Crippen molar-refractivity contribution in [2.24, 2.45) is 0 Å². The summed E-state index contributed by atoms with van der Waals surface area (Å²) in [5.41, 5.74) is 1.24. The summed E-state index contributed by atoms with van der Waals surface area (Å²) < 4.78 is 26.7. The quantitative estimate of drug-likeness (QED) is 0.372. The largest absolute Gasteiger partial charge is 0.367 e. The van der Waals surface area contributed by atoms with Crippen LogP contribution in [0.1, 0.15) is 54.4 Å². The van der Waals surface area contributed by atoms with Crippen LogP contribution in [0.5, 0.6) is 0 Å². The highest BCUT2D eigenvalue weighted by molar-refractivity contribution is 6.34. The number of halogens is 3. The van der Waals surface area contributed by atoms with Crippen LogP contribution in [-0.2, 0) is 0 Å². The maximum absolute atomic E-state index is 13.4. The predicted molar refractivity (Wildman–Crippen MR) is 114 cm³/mol. The highest BCUT2D eigenvalue weighted by Gasteiger charge is 2.35. The number of hydrogen-bond acceptors (Lipinski definition) is 6. The molecule has 31 heavy (non-hydrogen) atoms. The van der Waals surface area contributed by atoms with Gasteiger partial charge in [-0.2, -0.15) is 0 Å². The highest BCUT2D eigenvalue weighted by Crippen LogP contribution is 2.35. The van der Waals surface area contributed by atoms with Gasteiger partial charge in [0.1, 0.15) is 28.8 Å². The lowest BCUT2D eigenvalue weighted by atomic mass is 9.92. The maximum atomic E-state index is 13.4. The number of fused-ring (bicyclic) bond motifs is 1. The molecule has 2 fully saturated rings. The van der Waals surface area contributed by atoms with Crippen LogP contribution in [0, 0.1) is 0 Å². The summed E-state index contributed by atoms with van der Waals surface area (Å²) in [4.78, 5) is 29.0. The first kappa shape index (κ1) is 20.1. The number of ketones is 1. The van der Waals surface area contributed by atoms with E-state index in [1.54, 1.807) is 18.3 Å². The molecule has 3 N–H and O–H groups in total. The fraction of sp³-hybridized carbons (Fsp3) is 0.429. The molecule has 2 aliphatic carbocycles. The second-order valence-electron chi connectivity index (χ2n) is 8.21. The van der Waals surface area contributed by atoms with E-state index in [0.717, 1.165) is 12.8 Å². The standard InChI is InChI=1S/C21H21ClF2N6O/c22-18-13(3-4-15(30-18)28-12-5-7-21(23,24)8-6-12)17(31)14-9-25-19-16(14)20(27-10-26-19)29-11-1-2-11/h3-4,9-12H,1-2,5-8H2,(H,28,30)(H2,25,26,27,29). The Bertz CT molecular complexity index is 1140. The van der Waals surface area contributed by atoms with Gasteiger partial charge >= 0.3 is 0 Å². The summed E-state index contributed by atoms with van der Waals surface area (Å²) in [7, 11) is 0. The van der Waals surface area contributed by atoms with Gasteiger partial charge < -0.3 is 15.6 Å². The first-order chi connectivity index (χ1) is 14.9. The predicted octanol–water partition coefficient (Wildman–Crippen LogP) is 4.80. The molecule has 5 rings (SSSR count). The number of H-pyrrole nitrogens is 1. The molecule has 3 aromatic rings. The number of aromatic amines is 1. The van der Waals surface area contributed by atoms with Gasteiger partial charge in [-0.25, -0.2) is 23.7 Å². The number of hydrogen-bond donors (Lipinski definition) is 3. The van der Waals surface area contributed by atoms with E-state index < -0.39 is 5.92 Å². The number of nitrogens with zero attached hydrogens (tertiary/aromatic N) is 3. The molecule has 0 spiro atoms. The van der Waals surface area contributed by atoms with Gasteiger partial charge in [0.2, 0.25) is 5.92 Å². The zero-order valence-electron chi connectivity index (χ0n) is 16.6. The number of carbonyl (C=O) groups is 1. The zero-order chi connectivity index (χ0) is 21.6. The Kier molecular flexibility index (Phi) is 5.00. The molecule has 0 atom stereocenters. The molecular formula is C21H21ClF2N6O. The second kappa shape index (κ2) is 7.71. The molecule has 7 nitrogen and oxygen atoms in total. The van der Waals surface area contributed by atoms with E-state index in [4.69, 9.17) is 11.6 Å². The van der Waals surface area contributed by atoms with Gasteiger partial charge in [0.15, 0.2) is 5.78 Å². The molecule has 3 aromatic heterocycles. The molecule has 0 aromatic carbocycles. The number of anilines is 2. The van der Waals surface area contributed by atoms with Crippen molar-refractivity contribution in [3.8, 4) is 0 Å². The fourth-order valence-corrected chi connectivity index (χ4v) is 4.13. The van der Waals surface area contributed by atoms with Crippen LogP contribution in [0.25, 0.3) is 11.0 Å². The van der Waals surface area contributed by atoms with E-state index >= 15 is 0 Å². The van der Waals surface area contributed by atoms with E-state index in [1.807, 2.05) is 0 Å². The van der Waals surface area contributed by atoms with Gasteiger partial charge in [0.25, 0.3) is 0 Å². The Morgan fingerprint density at radius 2 is 1.81 bits per heavy atom. The van der Waals surface area contributed by atoms with Crippen molar-refractivity contribution in [3.05, 3.63) is 40.9 Å². The molecule has 2 saturated carbocycles. The average molecular weight is 447 g/mol. The van der Waals surface area contributed by atoms with Gasteiger partial charge in [-0.15, -0.1) is 0 Å². The number of carbonyl (C=O) groups excluding carboxylic acids is 1. The summed E-state index contributed by atoms with van der Waals surface area (Å²) in [6.07, 6.45) is 5.63. The Morgan fingerprint density at radius 1 is 1.06 bits per heavy atom. The van der Waals surface area contributed by atoms with Crippen molar-refractivity contribution in [1.82, 2.24) is 19.9 Å². The van der Waals surface area contributed by atoms with Crippen molar-refractivity contribution >= 4 is 40.1 Å². The van der Waals surface area contributed by atoms with E-state index in [0.29, 0.717) is 47.1 Å². The Morgan fingerprint density at radius 3 is 2.52 bits per heavy atom. The third kappa shape index (κ3) is 4.19. The number of alkyl halides is 2. The van der Waals surface area contributed by atoms with E-state index in [9.17, 15) is 13.6 Å². The van der Waals surface area contributed by atoms with Crippen LogP contribution in [-0.4, -0.2) is 43.7 Å². The van der Waals surface area contributed by atoms with Crippen LogP contribution >= 0.6 is 11.6 Å². The monoisotopic (exact) mass is 446 g/mol. The van der Waals surface area contributed by atoms with Gasteiger partial charge in [0, 0.05) is 31.1 Å².